The summed E-state index contributed by atoms with van der Waals surface area (Å²) in [5.74, 6) is -1.40. The molecule has 1 N–H and O–H groups in total. The first-order valence-electron chi connectivity index (χ1n) is 5.93. The van der Waals surface area contributed by atoms with Crippen LogP contribution in [0.5, 0.6) is 0 Å². The lowest BCUT2D eigenvalue weighted by Crippen LogP contribution is -2.30. The van der Waals surface area contributed by atoms with E-state index in [9.17, 15) is 8.78 Å². The standard InChI is InChI=1S/C13H17F2NO2/c1-13(2)17-8-11(18-13)7-16-6-9-5-10(14)3-4-12(9)15/h3-5,11,16H,6-8H2,1-2H3. The van der Waals surface area contributed by atoms with Crippen LogP contribution in [-0.4, -0.2) is 25.0 Å². The van der Waals surface area contributed by atoms with Crippen molar-refractivity contribution in [2.24, 2.45) is 0 Å². The maximum Gasteiger partial charge on any atom is 0.163 e. The third-order valence-corrected chi connectivity index (χ3v) is 2.76. The van der Waals surface area contributed by atoms with Crippen LogP contribution in [0.1, 0.15) is 19.4 Å². The molecule has 5 heteroatoms. The topological polar surface area (TPSA) is 30.5 Å². The van der Waals surface area contributed by atoms with E-state index in [1.807, 2.05) is 13.8 Å². The quantitative estimate of drug-likeness (QED) is 0.897. The molecule has 100 valence electrons. The molecule has 1 unspecified atom stereocenters. The lowest BCUT2D eigenvalue weighted by molar-refractivity contribution is -0.137. The zero-order valence-corrected chi connectivity index (χ0v) is 10.5. The molecule has 0 aromatic heterocycles. The molecule has 2 rings (SSSR count). The van der Waals surface area contributed by atoms with Crippen molar-refractivity contribution in [2.75, 3.05) is 13.2 Å². The van der Waals surface area contributed by atoms with Gasteiger partial charge in [-0.3, -0.25) is 0 Å². The highest BCUT2D eigenvalue weighted by Crippen LogP contribution is 2.21. The Balaban J connectivity index is 1.80. The van der Waals surface area contributed by atoms with Crippen molar-refractivity contribution in [3.63, 3.8) is 0 Å². The Kier molecular flexibility index (Phi) is 3.94. The molecule has 0 bridgehead atoms. The van der Waals surface area contributed by atoms with Crippen LogP contribution in [0.15, 0.2) is 18.2 Å². The SMILES string of the molecule is CC1(C)OCC(CNCc2cc(F)ccc2F)O1. The number of rotatable bonds is 4. The molecule has 0 radical (unpaired) electrons. The van der Waals surface area contributed by atoms with Crippen LogP contribution >= 0.6 is 0 Å². The number of benzene rings is 1. The van der Waals surface area contributed by atoms with Crippen molar-refractivity contribution in [3.8, 4) is 0 Å². The minimum Gasteiger partial charge on any atom is -0.348 e. The molecule has 1 fully saturated rings. The van der Waals surface area contributed by atoms with E-state index in [-0.39, 0.29) is 12.6 Å². The summed E-state index contributed by atoms with van der Waals surface area (Å²) in [5.41, 5.74) is 0.313. The summed E-state index contributed by atoms with van der Waals surface area (Å²) in [6.07, 6.45) is -0.0587. The van der Waals surface area contributed by atoms with Crippen LogP contribution in [0.25, 0.3) is 0 Å². The monoisotopic (exact) mass is 257 g/mol. The predicted molar refractivity (Wildman–Crippen MR) is 63.0 cm³/mol. The highest BCUT2D eigenvalue weighted by atomic mass is 19.1. The van der Waals surface area contributed by atoms with Gasteiger partial charge in [0.25, 0.3) is 0 Å². The molecule has 1 aromatic rings. The van der Waals surface area contributed by atoms with E-state index in [1.165, 1.54) is 6.07 Å². The second-order valence-corrected chi connectivity index (χ2v) is 4.82. The van der Waals surface area contributed by atoms with Gasteiger partial charge in [-0.2, -0.15) is 0 Å². The summed E-state index contributed by atoms with van der Waals surface area (Å²) >= 11 is 0. The Hall–Kier alpha value is -1.04. The molecular weight excluding hydrogens is 240 g/mol. The zero-order valence-electron chi connectivity index (χ0n) is 10.5. The molecule has 0 saturated carbocycles. The van der Waals surface area contributed by atoms with E-state index in [0.717, 1.165) is 12.1 Å². The number of ether oxygens (including phenoxy) is 2. The van der Waals surface area contributed by atoms with Crippen LogP contribution < -0.4 is 5.32 Å². The normalized spacial score (nSPS) is 22.3. The molecule has 1 aromatic carbocycles. The largest absolute Gasteiger partial charge is 0.348 e. The second kappa shape index (κ2) is 5.30. The lowest BCUT2D eigenvalue weighted by atomic mass is 10.2. The summed E-state index contributed by atoms with van der Waals surface area (Å²) in [7, 11) is 0. The molecular formula is C13H17F2NO2. The summed E-state index contributed by atoms with van der Waals surface area (Å²) in [6, 6.07) is 3.43. The average Bonchev–Trinajstić information content (AvgIpc) is 2.63. The Bertz CT molecular complexity index is 423. The zero-order chi connectivity index (χ0) is 13.2. The van der Waals surface area contributed by atoms with Gasteiger partial charge in [-0.15, -0.1) is 0 Å². The highest BCUT2D eigenvalue weighted by Gasteiger charge is 2.32. The van der Waals surface area contributed by atoms with Gasteiger partial charge in [0.1, 0.15) is 11.6 Å². The van der Waals surface area contributed by atoms with Crippen molar-refractivity contribution in [1.29, 1.82) is 0 Å². The van der Waals surface area contributed by atoms with Gasteiger partial charge in [0.05, 0.1) is 12.7 Å². The van der Waals surface area contributed by atoms with Gasteiger partial charge in [-0.05, 0) is 32.0 Å². The van der Waals surface area contributed by atoms with Crippen molar-refractivity contribution in [1.82, 2.24) is 5.32 Å². The average molecular weight is 257 g/mol. The fraction of sp³-hybridized carbons (Fsp3) is 0.538. The first kappa shape index (κ1) is 13.4. The number of hydrogen-bond donors (Lipinski definition) is 1. The van der Waals surface area contributed by atoms with Gasteiger partial charge in [-0.1, -0.05) is 0 Å². The second-order valence-electron chi connectivity index (χ2n) is 4.82. The van der Waals surface area contributed by atoms with Gasteiger partial charge in [0, 0.05) is 18.7 Å². The van der Waals surface area contributed by atoms with Gasteiger partial charge in [0.2, 0.25) is 0 Å². The number of halogens is 2. The van der Waals surface area contributed by atoms with Crippen LogP contribution in [0.2, 0.25) is 0 Å². The highest BCUT2D eigenvalue weighted by molar-refractivity contribution is 5.18. The first-order chi connectivity index (χ1) is 8.46. The van der Waals surface area contributed by atoms with E-state index >= 15 is 0 Å². The van der Waals surface area contributed by atoms with Crippen molar-refractivity contribution in [2.45, 2.75) is 32.3 Å². The number of hydrogen-bond acceptors (Lipinski definition) is 3. The van der Waals surface area contributed by atoms with Crippen molar-refractivity contribution < 1.29 is 18.3 Å². The molecule has 0 aliphatic carbocycles. The molecule has 18 heavy (non-hydrogen) atoms. The van der Waals surface area contributed by atoms with E-state index in [2.05, 4.69) is 5.32 Å². The maximum atomic E-state index is 13.3. The van der Waals surface area contributed by atoms with Crippen LogP contribution in [0.3, 0.4) is 0 Å². The van der Waals surface area contributed by atoms with E-state index in [4.69, 9.17) is 9.47 Å². The summed E-state index contributed by atoms with van der Waals surface area (Å²) in [6.45, 7) is 5.01. The molecule has 1 saturated heterocycles. The molecule has 0 amide bonds. The fourth-order valence-electron chi connectivity index (χ4n) is 1.91. The Morgan fingerprint density at radius 1 is 1.39 bits per heavy atom. The smallest absolute Gasteiger partial charge is 0.163 e. The maximum absolute atomic E-state index is 13.3. The molecule has 0 spiro atoms. The van der Waals surface area contributed by atoms with Crippen LogP contribution in [-0.2, 0) is 16.0 Å². The third kappa shape index (κ3) is 3.48. The van der Waals surface area contributed by atoms with Gasteiger partial charge < -0.3 is 14.8 Å². The predicted octanol–water partition coefficient (Wildman–Crippen LogP) is 2.21. The summed E-state index contributed by atoms with van der Waals surface area (Å²) < 4.78 is 37.3. The molecule has 1 aliphatic rings. The minimum atomic E-state index is -0.559. The summed E-state index contributed by atoms with van der Waals surface area (Å²) in [4.78, 5) is 0. The van der Waals surface area contributed by atoms with Gasteiger partial charge in [-0.25, -0.2) is 8.78 Å². The molecule has 1 aliphatic heterocycles. The van der Waals surface area contributed by atoms with E-state index in [1.54, 1.807) is 0 Å². The minimum absolute atomic E-state index is 0.0587. The first-order valence-corrected chi connectivity index (χ1v) is 5.93. The molecule has 1 atom stereocenters. The fourth-order valence-corrected chi connectivity index (χ4v) is 1.91. The van der Waals surface area contributed by atoms with Crippen molar-refractivity contribution >= 4 is 0 Å². The Morgan fingerprint density at radius 3 is 2.83 bits per heavy atom. The summed E-state index contributed by atoms with van der Waals surface area (Å²) in [5, 5.41) is 3.04. The van der Waals surface area contributed by atoms with Crippen molar-refractivity contribution in [3.05, 3.63) is 35.4 Å². The van der Waals surface area contributed by atoms with Crippen LogP contribution in [0, 0.1) is 11.6 Å². The lowest BCUT2D eigenvalue weighted by Gasteiger charge is -2.17. The number of nitrogens with one attached hydrogen (secondary N) is 1. The third-order valence-electron chi connectivity index (χ3n) is 2.76. The van der Waals surface area contributed by atoms with Crippen LogP contribution in [0.4, 0.5) is 8.78 Å². The molecule has 1 heterocycles. The Morgan fingerprint density at radius 2 is 2.17 bits per heavy atom. The van der Waals surface area contributed by atoms with Gasteiger partial charge in [0.15, 0.2) is 5.79 Å². The van der Waals surface area contributed by atoms with E-state index < -0.39 is 17.4 Å². The Labute approximate surface area is 105 Å². The molecule has 3 nitrogen and oxygen atoms in total. The van der Waals surface area contributed by atoms with Gasteiger partial charge >= 0.3 is 0 Å². The van der Waals surface area contributed by atoms with E-state index in [0.29, 0.717) is 18.7 Å².